The van der Waals surface area contributed by atoms with Gasteiger partial charge in [-0.25, -0.2) is 0 Å². The molecule has 0 aromatic heterocycles. The molecule has 2 heterocycles. The SMILES string of the molecule is CC(=O)O[C@H]1CC[C@@]2(C)[C@@H](CC[C@@H]3[C@@H]2CC[C@]2(C)[C@H]4[C@H](C)[C@H]5N(C(C)=O)C[C@H](C)C[C@]5(O)O[C@@H]4C[C@@H]32)C1. The van der Waals surface area contributed by atoms with Crippen molar-refractivity contribution in [2.75, 3.05) is 6.54 Å². The van der Waals surface area contributed by atoms with Gasteiger partial charge in [0.1, 0.15) is 6.10 Å². The zero-order chi connectivity index (χ0) is 26.5. The third kappa shape index (κ3) is 3.77. The maximum absolute atomic E-state index is 12.7. The van der Waals surface area contributed by atoms with E-state index in [2.05, 4.69) is 27.7 Å². The van der Waals surface area contributed by atoms with Crippen molar-refractivity contribution in [3.05, 3.63) is 0 Å². The first-order chi connectivity index (χ1) is 17.4. The number of esters is 1. The Kier molecular flexibility index (Phi) is 6.12. The maximum atomic E-state index is 12.7. The lowest BCUT2D eigenvalue weighted by Crippen LogP contribution is -2.69. The summed E-state index contributed by atoms with van der Waals surface area (Å²) in [6.45, 7) is 13.4. The first-order valence-electron chi connectivity index (χ1n) is 15.2. The molecule has 1 amide bonds. The van der Waals surface area contributed by atoms with Gasteiger partial charge in [0, 0.05) is 26.8 Å². The van der Waals surface area contributed by atoms with Gasteiger partial charge in [0.2, 0.25) is 5.91 Å². The van der Waals surface area contributed by atoms with Crippen LogP contribution in [0.5, 0.6) is 0 Å². The highest BCUT2D eigenvalue weighted by Crippen LogP contribution is 2.70. The van der Waals surface area contributed by atoms with Crippen molar-refractivity contribution in [1.82, 2.24) is 4.90 Å². The third-order valence-corrected chi connectivity index (χ3v) is 12.8. The Morgan fingerprint density at radius 2 is 1.70 bits per heavy atom. The average Bonchev–Trinajstić information content (AvgIpc) is 3.09. The van der Waals surface area contributed by atoms with E-state index < -0.39 is 5.79 Å². The summed E-state index contributed by atoms with van der Waals surface area (Å²) in [7, 11) is 0. The lowest BCUT2D eigenvalue weighted by atomic mass is 9.44. The molecule has 6 heteroatoms. The fraction of sp³-hybridized carbons (Fsp3) is 0.935. The zero-order valence-electron chi connectivity index (χ0n) is 23.9. The van der Waals surface area contributed by atoms with Crippen LogP contribution in [0.1, 0.15) is 99.3 Å². The van der Waals surface area contributed by atoms with Crippen molar-refractivity contribution in [2.24, 2.45) is 52.3 Å². The second kappa shape index (κ2) is 8.68. The minimum Gasteiger partial charge on any atom is -0.463 e. The first kappa shape index (κ1) is 26.1. The minimum atomic E-state index is -1.23. The van der Waals surface area contributed by atoms with Gasteiger partial charge in [0.25, 0.3) is 0 Å². The monoisotopic (exact) mass is 515 g/mol. The molecular weight excluding hydrogens is 466 g/mol. The van der Waals surface area contributed by atoms with Gasteiger partial charge in [-0.1, -0.05) is 27.7 Å². The Bertz CT molecular complexity index is 954. The molecule has 0 spiro atoms. The molecule has 0 aromatic carbocycles. The molecule has 2 saturated heterocycles. The number of likely N-dealkylation sites (tertiary alicyclic amines) is 1. The van der Waals surface area contributed by atoms with E-state index >= 15 is 0 Å². The smallest absolute Gasteiger partial charge is 0.302 e. The van der Waals surface area contributed by atoms with Gasteiger partial charge >= 0.3 is 5.97 Å². The van der Waals surface area contributed by atoms with Gasteiger partial charge in [-0.15, -0.1) is 0 Å². The van der Waals surface area contributed by atoms with E-state index in [-0.39, 0.29) is 47.4 Å². The number of fused-ring (bicyclic) bond motifs is 8. The van der Waals surface area contributed by atoms with Crippen LogP contribution in [-0.4, -0.2) is 52.5 Å². The first-order valence-corrected chi connectivity index (χ1v) is 15.2. The molecule has 6 fully saturated rings. The van der Waals surface area contributed by atoms with Gasteiger partial charge in [-0.05, 0) is 104 Å². The van der Waals surface area contributed by atoms with Gasteiger partial charge in [0.05, 0.1) is 12.1 Å². The topological polar surface area (TPSA) is 76.1 Å². The summed E-state index contributed by atoms with van der Waals surface area (Å²) in [5.41, 5.74) is 0.518. The van der Waals surface area contributed by atoms with Crippen molar-refractivity contribution < 1.29 is 24.2 Å². The van der Waals surface area contributed by atoms with Crippen LogP contribution in [0.25, 0.3) is 0 Å². The number of rotatable bonds is 1. The highest BCUT2D eigenvalue weighted by molar-refractivity contribution is 5.74. The Labute approximate surface area is 223 Å². The van der Waals surface area contributed by atoms with Gasteiger partial charge in [0.15, 0.2) is 5.79 Å². The number of carbonyl (C=O) groups excluding carboxylic acids is 2. The molecule has 2 aliphatic heterocycles. The van der Waals surface area contributed by atoms with E-state index in [9.17, 15) is 14.7 Å². The predicted molar refractivity (Wildman–Crippen MR) is 140 cm³/mol. The van der Waals surface area contributed by atoms with Crippen LogP contribution < -0.4 is 0 Å². The normalized spacial score (nSPS) is 54.7. The number of hydrogen-bond acceptors (Lipinski definition) is 5. The van der Waals surface area contributed by atoms with E-state index in [0.717, 1.165) is 31.6 Å². The van der Waals surface area contributed by atoms with E-state index in [1.807, 2.05) is 4.90 Å². The quantitative estimate of drug-likeness (QED) is 0.488. The Morgan fingerprint density at radius 1 is 0.973 bits per heavy atom. The molecule has 37 heavy (non-hydrogen) atoms. The standard InChI is InChI=1S/C31H49NO5/c1-17-15-31(35)28(32(16-17)19(3)33)18(2)27-26(37-31)14-25-23-8-7-21-13-22(36-20(4)34)9-11-29(21,5)24(23)10-12-30(25,27)6/h17-18,21-28,35H,7-16H2,1-6H3/t17-,18+,21+,22+,23-,24+,25+,26-,27+,28-,29+,30+,31+/m1/s1. The van der Waals surface area contributed by atoms with Crippen molar-refractivity contribution in [3.8, 4) is 0 Å². The fourth-order valence-electron chi connectivity index (χ4n) is 11.6. The summed E-state index contributed by atoms with van der Waals surface area (Å²) in [6, 6.07) is -0.249. The number of ether oxygens (including phenoxy) is 2. The van der Waals surface area contributed by atoms with Crippen molar-refractivity contribution in [3.63, 3.8) is 0 Å². The largest absolute Gasteiger partial charge is 0.463 e. The molecule has 6 nitrogen and oxygen atoms in total. The lowest BCUT2D eigenvalue weighted by Gasteiger charge is -2.62. The Balaban J connectivity index is 1.27. The molecule has 4 saturated carbocycles. The average molecular weight is 516 g/mol. The number of carbonyl (C=O) groups is 2. The molecule has 0 bridgehead atoms. The second-order valence-corrected chi connectivity index (χ2v) is 14.8. The van der Waals surface area contributed by atoms with Crippen LogP contribution in [0, 0.1) is 52.3 Å². The number of nitrogens with zero attached hydrogens (tertiary/aromatic N) is 1. The molecule has 13 atom stereocenters. The van der Waals surface area contributed by atoms with E-state index in [1.54, 1.807) is 6.92 Å². The fourth-order valence-corrected chi connectivity index (χ4v) is 11.6. The molecule has 0 radical (unpaired) electrons. The number of aliphatic hydroxyl groups is 1. The molecule has 6 rings (SSSR count). The highest BCUT2D eigenvalue weighted by Gasteiger charge is 2.68. The molecule has 4 aliphatic carbocycles. The van der Waals surface area contributed by atoms with Crippen molar-refractivity contribution >= 4 is 11.9 Å². The minimum absolute atomic E-state index is 0.0582. The molecular formula is C31H49NO5. The van der Waals surface area contributed by atoms with Crippen LogP contribution in [0.15, 0.2) is 0 Å². The summed E-state index contributed by atoms with van der Waals surface area (Å²) < 4.78 is 12.4. The van der Waals surface area contributed by atoms with Crippen molar-refractivity contribution in [2.45, 2.75) is 123 Å². The van der Waals surface area contributed by atoms with Crippen LogP contribution in [0.2, 0.25) is 0 Å². The number of piperidine rings is 1. The molecule has 0 unspecified atom stereocenters. The van der Waals surface area contributed by atoms with Crippen molar-refractivity contribution in [1.29, 1.82) is 0 Å². The molecule has 1 N–H and O–H groups in total. The summed E-state index contributed by atoms with van der Waals surface area (Å²) in [5, 5.41) is 11.9. The zero-order valence-corrected chi connectivity index (χ0v) is 23.9. The van der Waals surface area contributed by atoms with Crippen LogP contribution in [0.3, 0.4) is 0 Å². The van der Waals surface area contributed by atoms with E-state index in [4.69, 9.17) is 9.47 Å². The maximum Gasteiger partial charge on any atom is 0.302 e. The number of amides is 1. The molecule has 6 aliphatic rings. The summed E-state index contributed by atoms with van der Waals surface area (Å²) >= 11 is 0. The second-order valence-electron chi connectivity index (χ2n) is 14.8. The van der Waals surface area contributed by atoms with Crippen LogP contribution in [-0.2, 0) is 19.1 Å². The highest BCUT2D eigenvalue weighted by atomic mass is 16.6. The number of hydrogen-bond donors (Lipinski definition) is 1. The Morgan fingerprint density at radius 3 is 2.41 bits per heavy atom. The van der Waals surface area contributed by atoms with Gasteiger partial charge < -0.3 is 19.5 Å². The van der Waals surface area contributed by atoms with E-state index in [0.29, 0.717) is 42.1 Å². The van der Waals surface area contributed by atoms with Gasteiger partial charge in [-0.3, -0.25) is 9.59 Å². The van der Waals surface area contributed by atoms with Crippen LogP contribution >= 0.6 is 0 Å². The predicted octanol–water partition coefficient (Wildman–Crippen LogP) is 5.17. The summed E-state index contributed by atoms with van der Waals surface area (Å²) in [5.74, 6) is 2.19. The van der Waals surface area contributed by atoms with Gasteiger partial charge in [-0.2, -0.15) is 0 Å². The van der Waals surface area contributed by atoms with Crippen LogP contribution in [0.4, 0.5) is 0 Å². The molecule has 0 aromatic rings. The third-order valence-electron chi connectivity index (χ3n) is 12.8. The summed E-state index contributed by atoms with van der Waals surface area (Å²) in [6.07, 6.45) is 10.00. The van der Waals surface area contributed by atoms with E-state index in [1.165, 1.54) is 32.6 Å². The lowest BCUT2D eigenvalue weighted by molar-refractivity contribution is -0.329. The Hall–Kier alpha value is -1.14. The summed E-state index contributed by atoms with van der Waals surface area (Å²) in [4.78, 5) is 26.3. The molecule has 208 valence electrons.